The first-order valence-electron chi connectivity index (χ1n) is 6.39. The van der Waals surface area contributed by atoms with Crippen LogP contribution in [0.3, 0.4) is 0 Å². The first-order chi connectivity index (χ1) is 8.54. The third kappa shape index (κ3) is 3.50. The van der Waals surface area contributed by atoms with E-state index in [1.54, 1.807) is 12.1 Å². The predicted octanol–water partition coefficient (Wildman–Crippen LogP) is 2.79. The van der Waals surface area contributed by atoms with Crippen LogP contribution in [0.15, 0.2) is 24.3 Å². The first-order valence-corrected chi connectivity index (χ1v) is 6.39. The summed E-state index contributed by atoms with van der Waals surface area (Å²) >= 11 is 0. The number of nitrogens with two attached hydrogens (primary N) is 1. The molecule has 18 heavy (non-hydrogen) atoms. The smallest absolute Gasteiger partial charge is 0.263 e. The van der Waals surface area contributed by atoms with Gasteiger partial charge in [-0.3, -0.25) is 4.90 Å². The maximum absolute atomic E-state index is 12.4. The maximum Gasteiger partial charge on any atom is 0.263 e. The molecule has 1 fully saturated rings. The van der Waals surface area contributed by atoms with Crippen molar-refractivity contribution < 1.29 is 8.78 Å². The highest BCUT2D eigenvalue weighted by Crippen LogP contribution is 2.21. The van der Waals surface area contributed by atoms with Gasteiger partial charge in [-0.2, -0.15) is 0 Å². The van der Waals surface area contributed by atoms with Crippen LogP contribution in [-0.2, 0) is 6.54 Å². The van der Waals surface area contributed by atoms with Crippen LogP contribution in [0.5, 0.6) is 0 Å². The van der Waals surface area contributed by atoms with Gasteiger partial charge in [-0.25, -0.2) is 8.78 Å². The van der Waals surface area contributed by atoms with Crippen molar-refractivity contribution in [1.29, 1.82) is 0 Å². The van der Waals surface area contributed by atoms with Gasteiger partial charge < -0.3 is 5.73 Å². The first kappa shape index (κ1) is 13.4. The van der Waals surface area contributed by atoms with E-state index in [9.17, 15) is 8.78 Å². The van der Waals surface area contributed by atoms with Crippen molar-refractivity contribution in [2.24, 2.45) is 11.7 Å². The van der Waals surface area contributed by atoms with Crippen molar-refractivity contribution >= 4 is 0 Å². The molecular weight excluding hydrogens is 234 g/mol. The van der Waals surface area contributed by atoms with Crippen molar-refractivity contribution in [2.45, 2.75) is 32.4 Å². The molecule has 2 atom stereocenters. The molecule has 1 saturated heterocycles. The Bertz CT molecular complexity index is 368. The quantitative estimate of drug-likeness (QED) is 0.898. The Labute approximate surface area is 107 Å². The number of benzene rings is 1. The number of hydrogen-bond acceptors (Lipinski definition) is 2. The minimum absolute atomic E-state index is 0.0856. The number of alkyl halides is 2. The third-order valence-electron chi connectivity index (χ3n) is 3.41. The zero-order valence-electron chi connectivity index (χ0n) is 10.7. The zero-order chi connectivity index (χ0) is 13.1. The number of rotatable bonds is 3. The van der Waals surface area contributed by atoms with Crippen molar-refractivity contribution in [3.8, 4) is 0 Å². The van der Waals surface area contributed by atoms with E-state index in [1.165, 1.54) is 12.1 Å². The summed E-state index contributed by atoms with van der Waals surface area (Å²) in [5, 5.41) is 0. The van der Waals surface area contributed by atoms with E-state index in [-0.39, 0.29) is 11.6 Å². The third-order valence-corrected chi connectivity index (χ3v) is 3.41. The van der Waals surface area contributed by atoms with Crippen molar-refractivity contribution in [2.75, 3.05) is 13.1 Å². The van der Waals surface area contributed by atoms with Gasteiger partial charge in [0.25, 0.3) is 6.43 Å². The van der Waals surface area contributed by atoms with Crippen LogP contribution >= 0.6 is 0 Å². The Morgan fingerprint density at radius 2 is 1.94 bits per heavy atom. The van der Waals surface area contributed by atoms with Crippen molar-refractivity contribution in [3.63, 3.8) is 0 Å². The minimum Gasteiger partial charge on any atom is -0.327 e. The predicted molar refractivity (Wildman–Crippen MR) is 68.4 cm³/mol. The summed E-state index contributed by atoms with van der Waals surface area (Å²) in [4.78, 5) is 2.30. The maximum atomic E-state index is 12.4. The molecule has 0 aromatic heterocycles. The standard InChI is InChI=1S/C14H20F2N2/c1-10-6-13(17)9-18(7-10)8-11-2-4-12(5-3-11)14(15)16/h2-5,10,13-14H,6-9,17H2,1H3. The van der Waals surface area contributed by atoms with Gasteiger partial charge in [0.2, 0.25) is 0 Å². The van der Waals surface area contributed by atoms with E-state index >= 15 is 0 Å². The minimum atomic E-state index is -2.39. The lowest BCUT2D eigenvalue weighted by Crippen LogP contribution is -2.45. The second-order valence-corrected chi connectivity index (χ2v) is 5.34. The van der Waals surface area contributed by atoms with E-state index in [1.807, 2.05) is 0 Å². The number of piperidine rings is 1. The molecule has 2 unspecified atom stereocenters. The molecule has 1 heterocycles. The Morgan fingerprint density at radius 3 is 2.50 bits per heavy atom. The van der Waals surface area contributed by atoms with E-state index in [4.69, 9.17) is 5.73 Å². The number of nitrogens with zero attached hydrogens (tertiary/aromatic N) is 1. The fourth-order valence-corrected chi connectivity index (χ4v) is 2.67. The molecule has 0 aliphatic carbocycles. The number of hydrogen-bond donors (Lipinski definition) is 1. The van der Waals surface area contributed by atoms with E-state index < -0.39 is 6.43 Å². The molecule has 4 heteroatoms. The van der Waals surface area contributed by atoms with Gasteiger partial charge in [0.15, 0.2) is 0 Å². The normalized spacial score (nSPS) is 25.6. The van der Waals surface area contributed by atoms with Crippen LogP contribution in [0, 0.1) is 5.92 Å². The lowest BCUT2D eigenvalue weighted by Gasteiger charge is -2.34. The lowest BCUT2D eigenvalue weighted by atomic mass is 9.96. The molecule has 0 bridgehead atoms. The summed E-state index contributed by atoms with van der Waals surface area (Å²) in [7, 11) is 0. The van der Waals surface area contributed by atoms with Crippen molar-refractivity contribution in [1.82, 2.24) is 4.90 Å². The summed E-state index contributed by atoms with van der Waals surface area (Å²) < 4.78 is 24.9. The molecule has 100 valence electrons. The molecule has 0 amide bonds. The van der Waals surface area contributed by atoms with Crippen LogP contribution in [0.4, 0.5) is 8.78 Å². The SMILES string of the molecule is CC1CC(N)CN(Cc2ccc(C(F)F)cc2)C1. The Kier molecular flexibility index (Phi) is 4.30. The van der Waals surface area contributed by atoms with E-state index in [0.717, 1.165) is 31.6 Å². The zero-order valence-corrected chi connectivity index (χ0v) is 10.7. The van der Waals surface area contributed by atoms with Crippen LogP contribution in [0.25, 0.3) is 0 Å². The highest BCUT2D eigenvalue weighted by Gasteiger charge is 2.21. The Hall–Kier alpha value is -1.00. The number of halogens is 2. The topological polar surface area (TPSA) is 29.3 Å². The number of likely N-dealkylation sites (tertiary alicyclic amines) is 1. The Morgan fingerprint density at radius 1 is 1.28 bits per heavy atom. The summed E-state index contributed by atoms with van der Waals surface area (Å²) in [5.74, 6) is 0.606. The molecule has 1 aliphatic heterocycles. The molecule has 2 nitrogen and oxygen atoms in total. The van der Waals surface area contributed by atoms with Gasteiger partial charge in [-0.05, 0) is 17.9 Å². The highest BCUT2D eigenvalue weighted by molar-refractivity contribution is 5.23. The fourth-order valence-electron chi connectivity index (χ4n) is 2.67. The summed E-state index contributed by atoms with van der Waals surface area (Å²) in [6.07, 6.45) is -1.32. The van der Waals surface area contributed by atoms with Gasteiger partial charge in [0, 0.05) is 31.2 Å². The highest BCUT2D eigenvalue weighted by atomic mass is 19.3. The average Bonchev–Trinajstić information content (AvgIpc) is 2.28. The second-order valence-electron chi connectivity index (χ2n) is 5.34. The van der Waals surface area contributed by atoms with Crippen LogP contribution < -0.4 is 5.73 Å². The molecule has 0 saturated carbocycles. The largest absolute Gasteiger partial charge is 0.327 e. The molecule has 0 radical (unpaired) electrons. The van der Waals surface area contributed by atoms with Gasteiger partial charge in [-0.15, -0.1) is 0 Å². The van der Waals surface area contributed by atoms with Gasteiger partial charge in [0.05, 0.1) is 0 Å². The summed E-state index contributed by atoms with van der Waals surface area (Å²) in [6.45, 7) is 4.92. The molecule has 2 N–H and O–H groups in total. The van der Waals surface area contributed by atoms with E-state index in [2.05, 4.69) is 11.8 Å². The fraction of sp³-hybridized carbons (Fsp3) is 0.571. The lowest BCUT2D eigenvalue weighted by molar-refractivity contribution is 0.151. The summed E-state index contributed by atoms with van der Waals surface area (Å²) in [5.41, 5.74) is 7.15. The van der Waals surface area contributed by atoms with Gasteiger partial charge >= 0.3 is 0 Å². The van der Waals surface area contributed by atoms with Gasteiger partial charge in [0.1, 0.15) is 0 Å². The summed E-state index contributed by atoms with van der Waals surface area (Å²) in [6, 6.07) is 6.81. The molecule has 1 aromatic carbocycles. The van der Waals surface area contributed by atoms with Crippen LogP contribution in [-0.4, -0.2) is 24.0 Å². The van der Waals surface area contributed by atoms with Crippen LogP contribution in [0.1, 0.15) is 30.9 Å². The average molecular weight is 254 g/mol. The van der Waals surface area contributed by atoms with Crippen LogP contribution in [0.2, 0.25) is 0 Å². The van der Waals surface area contributed by atoms with Crippen molar-refractivity contribution in [3.05, 3.63) is 35.4 Å². The molecule has 1 aromatic rings. The monoisotopic (exact) mass is 254 g/mol. The molecule has 0 spiro atoms. The molecule has 1 aliphatic rings. The molecular formula is C14H20F2N2. The molecule has 2 rings (SSSR count). The Balaban J connectivity index is 1.96. The van der Waals surface area contributed by atoms with E-state index in [0.29, 0.717) is 5.92 Å². The second kappa shape index (κ2) is 5.76. The van der Waals surface area contributed by atoms with Gasteiger partial charge in [-0.1, -0.05) is 31.2 Å².